The molecule has 0 saturated heterocycles. The first-order valence-corrected chi connectivity index (χ1v) is 3.87. The molecule has 11 heavy (non-hydrogen) atoms. The average Bonchev–Trinajstić information content (AvgIpc) is 2.01. The van der Waals surface area contributed by atoms with Crippen molar-refractivity contribution in [1.82, 2.24) is 0 Å². The number of carbonyl (C=O) groups excluding carboxylic acids is 1. The van der Waals surface area contributed by atoms with Crippen LogP contribution in [0.1, 0.15) is 32.1 Å². The van der Waals surface area contributed by atoms with Crippen LogP contribution in [0.5, 0.6) is 0 Å². The number of terminal acetylenes is 1. The quantitative estimate of drug-likeness (QED) is 0.460. The van der Waals surface area contributed by atoms with E-state index in [2.05, 4.69) is 5.92 Å². The molecule has 0 atom stereocenters. The molecule has 0 aliphatic carbocycles. The molecular weight excluding hydrogens is 140 g/mol. The predicted octanol–water partition coefficient (Wildman–Crippen LogP) is 1.13. The molecule has 0 aromatic heterocycles. The van der Waals surface area contributed by atoms with Gasteiger partial charge in [-0.2, -0.15) is 0 Å². The topological polar surface area (TPSA) is 37.3 Å². The van der Waals surface area contributed by atoms with Crippen molar-refractivity contribution in [2.45, 2.75) is 32.1 Å². The van der Waals surface area contributed by atoms with E-state index in [9.17, 15) is 4.79 Å². The lowest BCUT2D eigenvalue weighted by Crippen LogP contribution is -1.98. The minimum absolute atomic E-state index is 0.0981. The van der Waals surface area contributed by atoms with Gasteiger partial charge in [-0.15, -0.1) is 12.3 Å². The van der Waals surface area contributed by atoms with Gasteiger partial charge in [0.2, 0.25) is 0 Å². The molecule has 0 radical (unpaired) electrons. The second-order valence-electron chi connectivity index (χ2n) is 2.42. The molecule has 0 heterocycles. The maximum absolute atomic E-state index is 10.9. The maximum Gasteiger partial charge on any atom is 0.133 e. The summed E-state index contributed by atoms with van der Waals surface area (Å²) >= 11 is 0. The van der Waals surface area contributed by atoms with Gasteiger partial charge in [0.05, 0.1) is 0 Å². The summed E-state index contributed by atoms with van der Waals surface area (Å²) in [6.07, 6.45) is 8.09. The molecule has 1 N–H and O–H groups in total. The normalized spacial score (nSPS) is 9.09. The standard InChI is InChI=1S/C9H14O2/c1-2-3-4-6-9(11)7-5-8-10/h1,10H,3-8H2. The van der Waals surface area contributed by atoms with Gasteiger partial charge in [0, 0.05) is 25.9 Å². The third kappa shape index (κ3) is 7.08. The van der Waals surface area contributed by atoms with Gasteiger partial charge in [0.1, 0.15) is 5.78 Å². The van der Waals surface area contributed by atoms with E-state index in [0.717, 1.165) is 6.42 Å². The highest BCUT2D eigenvalue weighted by Gasteiger charge is 1.99. The largest absolute Gasteiger partial charge is 0.396 e. The number of aliphatic hydroxyl groups is 1. The van der Waals surface area contributed by atoms with Crippen molar-refractivity contribution in [2.75, 3.05) is 6.61 Å². The highest BCUT2D eigenvalue weighted by atomic mass is 16.3. The first-order chi connectivity index (χ1) is 5.31. The molecule has 0 aromatic rings. The van der Waals surface area contributed by atoms with E-state index in [-0.39, 0.29) is 12.4 Å². The second kappa shape index (κ2) is 7.30. The third-order valence-corrected chi connectivity index (χ3v) is 1.39. The van der Waals surface area contributed by atoms with Crippen molar-refractivity contribution in [3.63, 3.8) is 0 Å². The minimum Gasteiger partial charge on any atom is -0.396 e. The number of carbonyl (C=O) groups is 1. The fourth-order valence-corrected chi connectivity index (χ4v) is 0.789. The van der Waals surface area contributed by atoms with E-state index in [1.807, 2.05) is 0 Å². The van der Waals surface area contributed by atoms with Crippen LogP contribution in [0.3, 0.4) is 0 Å². The molecule has 0 amide bonds. The summed E-state index contributed by atoms with van der Waals surface area (Å²) in [7, 11) is 0. The van der Waals surface area contributed by atoms with Crippen LogP contribution in [0, 0.1) is 12.3 Å². The van der Waals surface area contributed by atoms with Crippen LogP contribution in [0.4, 0.5) is 0 Å². The van der Waals surface area contributed by atoms with E-state index in [1.54, 1.807) is 0 Å². The van der Waals surface area contributed by atoms with Crippen LogP contribution in [0.25, 0.3) is 0 Å². The zero-order valence-electron chi connectivity index (χ0n) is 6.68. The molecule has 0 spiro atoms. The lowest BCUT2D eigenvalue weighted by Gasteiger charge is -1.95. The van der Waals surface area contributed by atoms with Gasteiger partial charge in [0.15, 0.2) is 0 Å². The molecular formula is C9H14O2. The zero-order valence-corrected chi connectivity index (χ0v) is 6.68. The molecule has 0 saturated carbocycles. The Kier molecular flexibility index (Phi) is 6.76. The van der Waals surface area contributed by atoms with Crippen LogP contribution in [-0.4, -0.2) is 17.5 Å². The van der Waals surface area contributed by atoms with Crippen molar-refractivity contribution >= 4 is 5.78 Å². The smallest absolute Gasteiger partial charge is 0.133 e. The SMILES string of the molecule is C#CCCCC(=O)CCCO. The van der Waals surface area contributed by atoms with E-state index in [4.69, 9.17) is 11.5 Å². The number of ketones is 1. The maximum atomic E-state index is 10.9. The van der Waals surface area contributed by atoms with E-state index < -0.39 is 0 Å². The van der Waals surface area contributed by atoms with Crippen molar-refractivity contribution < 1.29 is 9.90 Å². The fraction of sp³-hybridized carbons (Fsp3) is 0.667. The molecule has 0 fully saturated rings. The van der Waals surface area contributed by atoms with Crippen LogP contribution < -0.4 is 0 Å². The Balaban J connectivity index is 3.17. The third-order valence-electron chi connectivity index (χ3n) is 1.39. The van der Waals surface area contributed by atoms with Gasteiger partial charge in [0.25, 0.3) is 0 Å². The molecule has 0 unspecified atom stereocenters. The Morgan fingerprint density at radius 3 is 2.55 bits per heavy atom. The first kappa shape index (κ1) is 10.2. The van der Waals surface area contributed by atoms with Crippen LogP contribution in [0.15, 0.2) is 0 Å². The summed E-state index contributed by atoms with van der Waals surface area (Å²) in [6, 6.07) is 0. The molecule has 0 aliphatic rings. The lowest BCUT2D eigenvalue weighted by atomic mass is 10.1. The van der Waals surface area contributed by atoms with Gasteiger partial charge in [-0.3, -0.25) is 4.79 Å². The minimum atomic E-state index is 0.0981. The Labute approximate surface area is 67.6 Å². The van der Waals surface area contributed by atoms with E-state index in [0.29, 0.717) is 25.7 Å². The summed E-state index contributed by atoms with van der Waals surface area (Å²) in [4.78, 5) is 10.9. The molecule has 0 bridgehead atoms. The summed E-state index contributed by atoms with van der Waals surface area (Å²) in [5.74, 6) is 2.68. The molecule has 0 rings (SSSR count). The van der Waals surface area contributed by atoms with Crippen molar-refractivity contribution in [3.05, 3.63) is 0 Å². The summed E-state index contributed by atoms with van der Waals surface area (Å²) < 4.78 is 0. The highest BCUT2D eigenvalue weighted by Crippen LogP contribution is 2.00. The van der Waals surface area contributed by atoms with Crippen LogP contribution in [-0.2, 0) is 4.79 Å². The number of aliphatic hydroxyl groups excluding tert-OH is 1. The second-order valence-corrected chi connectivity index (χ2v) is 2.42. The molecule has 62 valence electrons. The fourth-order valence-electron chi connectivity index (χ4n) is 0.789. The Hall–Kier alpha value is -0.810. The Bertz CT molecular complexity index is 144. The van der Waals surface area contributed by atoms with Gasteiger partial charge in [-0.05, 0) is 12.8 Å². The van der Waals surface area contributed by atoms with Crippen LogP contribution >= 0.6 is 0 Å². The number of rotatable bonds is 6. The summed E-state index contributed by atoms with van der Waals surface area (Å²) in [5, 5.41) is 8.40. The number of hydrogen-bond donors (Lipinski definition) is 1. The lowest BCUT2D eigenvalue weighted by molar-refractivity contribution is -0.119. The van der Waals surface area contributed by atoms with Gasteiger partial charge >= 0.3 is 0 Å². The van der Waals surface area contributed by atoms with Crippen molar-refractivity contribution in [1.29, 1.82) is 0 Å². The summed E-state index contributed by atoms with van der Waals surface area (Å²) in [5.41, 5.74) is 0. The molecule has 0 aliphatic heterocycles. The molecule has 0 aromatic carbocycles. The number of hydrogen-bond acceptors (Lipinski definition) is 2. The zero-order chi connectivity index (χ0) is 8.53. The average molecular weight is 154 g/mol. The molecule has 2 heteroatoms. The first-order valence-electron chi connectivity index (χ1n) is 3.87. The van der Waals surface area contributed by atoms with Crippen molar-refractivity contribution in [2.24, 2.45) is 0 Å². The van der Waals surface area contributed by atoms with Crippen molar-refractivity contribution in [3.8, 4) is 12.3 Å². The van der Waals surface area contributed by atoms with E-state index >= 15 is 0 Å². The van der Waals surface area contributed by atoms with Gasteiger partial charge in [-0.25, -0.2) is 0 Å². The molecule has 2 nitrogen and oxygen atoms in total. The Morgan fingerprint density at radius 2 is 2.00 bits per heavy atom. The van der Waals surface area contributed by atoms with E-state index in [1.165, 1.54) is 0 Å². The Morgan fingerprint density at radius 1 is 1.36 bits per heavy atom. The highest BCUT2D eigenvalue weighted by molar-refractivity contribution is 5.78. The predicted molar refractivity (Wildman–Crippen MR) is 44.0 cm³/mol. The van der Waals surface area contributed by atoms with Crippen LogP contribution in [0.2, 0.25) is 0 Å². The summed E-state index contributed by atoms with van der Waals surface area (Å²) in [6.45, 7) is 0.0981. The number of Topliss-reactive ketones (excluding diaryl/α,β-unsaturated/α-hetero) is 1. The number of unbranched alkanes of at least 4 members (excludes halogenated alkanes) is 1. The monoisotopic (exact) mass is 154 g/mol. The van der Waals surface area contributed by atoms with Gasteiger partial charge in [-0.1, -0.05) is 0 Å². The van der Waals surface area contributed by atoms with Gasteiger partial charge < -0.3 is 5.11 Å².